The summed E-state index contributed by atoms with van der Waals surface area (Å²) in [6.07, 6.45) is 14.3. The number of para-hydroxylation sites is 1. The van der Waals surface area contributed by atoms with Crippen LogP contribution in [0.5, 0.6) is 0 Å². The van der Waals surface area contributed by atoms with Gasteiger partial charge in [0.2, 0.25) is 0 Å². The van der Waals surface area contributed by atoms with E-state index in [9.17, 15) is 10.1 Å². The van der Waals surface area contributed by atoms with E-state index in [1.165, 1.54) is 37.6 Å². The lowest BCUT2D eigenvalue weighted by molar-refractivity contribution is -0.385. The molecule has 2 aromatic rings. The van der Waals surface area contributed by atoms with Crippen LogP contribution in [-0.2, 0) is 0 Å². The molecule has 1 atom stereocenters. The van der Waals surface area contributed by atoms with Gasteiger partial charge < -0.3 is 0 Å². The highest BCUT2D eigenvalue weighted by atomic mass is 16.6. The number of rotatable bonds is 2. The van der Waals surface area contributed by atoms with Crippen molar-refractivity contribution >= 4 is 29.0 Å². The Hall–Kier alpha value is -3.20. The first-order chi connectivity index (χ1) is 13.6. The molecule has 0 heterocycles. The average molecular weight is 367 g/mol. The summed E-state index contributed by atoms with van der Waals surface area (Å²) in [6, 6.07) is 11.5. The van der Waals surface area contributed by atoms with Crippen LogP contribution in [0.2, 0.25) is 0 Å². The maximum absolute atomic E-state index is 11.4. The molecule has 0 radical (unpaired) electrons. The molecule has 0 saturated heterocycles. The maximum Gasteiger partial charge on any atom is 0.273 e. The van der Waals surface area contributed by atoms with Crippen molar-refractivity contribution in [3.63, 3.8) is 0 Å². The zero-order chi connectivity index (χ0) is 19.3. The number of nitrogens with zero attached hydrogens (tertiary/aromatic N) is 1. The van der Waals surface area contributed by atoms with Crippen molar-refractivity contribution in [1.29, 1.82) is 0 Å². The lowest BCUT2D eigenvalue weighted by Crippen LogP contribution is -2.51. The van der Waals surface area contributed by atoms with Gasteiger partial charge in [-0.15, -0.1) is 0 Å². The molecule has 0 aromatic heterocycles. The lowest BCUT2D eigenvalue weighted by atomic mass is 9.83. The molecular weight excluding hydrogens is 346 g/mol. The van der Waals surface area contributed by atoms with E-state index in [1.54, 1.807) is 12.1 Å². The third-order valence-electron chi connectivity index (χ3n) is 6.12. The van der Waals surface area contributed by atoms with Crippen molar-refractivity contribution in [2.75, 3.05) is 0 Å². The molecule has 138 valence electrons. The summed E-state index contributed by atoms with van der Waals surface area (Å²) in [4.78, 5) is 11.1. The Labute approximate surface area is 163 Å². The van der Waals surface area contributed by atoms with Crippen molar-refractivity contribution < 1.29 is 4.92 Å². The predicted molar refractivity (Wildman–Crippen MR) is 113 cm³/mol. The smallest absolute Gasteiger partial charge is 0.258 e. The molecule has 0 spiro atoms. The fraction of sp³-hybridized carbons (Fsp3) is 0.200. The third-order valence-corrected chi connectivity index (χ3v) is 6.12. The van der Waals surface area contributed by atoms with Gasteiger partial charge in [0.25, 0.3) is 5.69 Å². The topological polar surface area (TPSA) is 43.1 Å². The summed E-state index contributed by atoms with van der Waals surface area (Å²) in [5.41, 5.74) is 4.93. The Bertz CT molecular complexity index is 1330. The van der Waals surface area contributed by atoms with Gasteiger partial charge in [-0.1, -0.05) is 66.3 Å². The summed E-state index contributed by atoms with van der Waals surface area (Å²) in [5.74, 6) is -0.0601. The molecule has 0 N–H and O–H groups in total. The number of fused-ring (bicyclic) bond motifs is 4. The standard InChI is InChI=1S/C25H21NO2/c1-16-5-4-7-22-19(16)13-14-23-20-11-9-18(15-17(20)10-12-24(22)23)21-6-2-3-8-25(21)26(27)28/h2-3,6-9,11-15,18H,4-5,10H2,1H3. The fourth-order valence-corrected chi connectivity index (χ4v) is 4.70. The molecule has 0 saturated carbocycles. The largest absolute Gasteiger partial charge is 0.273 e. The molecular formula is C25H21NO2. The maximum atomic E-state index is 11.4. The van der Waals surface area contributed by atoms with E-state index in [1.807, 2.05) is 12.1 Å². The van der Waals surface area contributed by atoms with Gasteiger partial charge in [-0.3, -0.25) is 10.1 Å². The van der Waals surface area contributed by atoms with Crippen LogP contribution in [0.4, 0.5) is 5.69 Å². The molecule has 3 nitrogen and oxygen atoms in total. The van der Waals surface area contributed by atoms with E-state index in [2.05, 4.69) is 49.4 Å². The summed E-state index contributed by atoms with van der Waals surface area (Å²) in [5, 5.41) is 16.8. The molecule has 28 heavy (non-hydrogen) atoms. The van der Waals surface area contributed by atoms with Crippen molar-refractivity contribution in [2.24, 2.45) is 0 Å². The highest BCUT2D eigenvalue weighted by Gasteiger charge is 2.22. The first-order valence-electron chi connectivity index (χ1n) is 9.79. The van der Waals surface area contributed by atoms with Crippen LogP contribution in [-0.4, -0.2) is 4.92 Å². The van der Waals surface area contributed by atoms with E-state index in [0.717, 1.165) is 24.8 Å². The zero-order valence-corrected chi connectivity index (χ0v) is 15.8. The van der Waals surface area contributed by atoms with Crippen LogP contribution in [0.1, 0.15) is 37.7 Å². The number of nitro benzene ring substituents is 1. The second-order valence-electron chi connectivity index (χ2n) is 7.73. The Kier molecular flexibility index (Phi) is 3.90. The molecule has 2 aromatic carbocycles. The minimum absolute atomic E-state index is 0.0601. The van der Waals surface area contributed by atoms with E-state index >= 15 is 0 Å². The minimum Gasteiger partial charge on any atom is -0.258 e. The number of allylic oxidation sites excluding steroid dienone is 4. The van der Waals surface area contributed by atoms with E-state index in [0.29, 0.717) is 0 Å². The average Bonchev–Trinajstić information content (AvgIpc) is 2.73. The van der Waals surface area contributed by atoms with Gasteiger partial charge in [-0.05, 0) is 58.2 Å². The number of benzene rings is 2. The first-order valence-corrected chi connectivity index (χ1v) is 9.79. The number of nitro groups is 1. The molecule has 1 unspecified atom stereocenters. The van der Waals surface area contributed by atoms with Crippen LogP contribution in [0.25, 0.3) is 23.3 Å². The van der Waals surface area contributed by atoms with Crippen molar-refractivity contribution in [1.82, 2.24) is 0 Å². The number of hydrogen-bond acceptors (Lipinski definition) is 2. The fourth-order valence-electron chi connectivity index (χ4n) is 4.70. The summed E-state index contributed by atoms with van der Waals surface area (Å²) in [6.45, 7) is 2.23. The van der Waals surface area contributed by atoms with Crippen LogP contribution < -0.4 is 20.9 Å². The van der Waals surface area contributed by atoms with Crippen LogP contribution >= 0.6 is 0 Å². The van der Waals surface area contributed by atoms with Gasteiger partial charge in [0, 0.05) is 17.5 Å². The molecule has 0 aliphatic heterocycles. The van der Waals surface area contributed by atoms with Crippen molar-refractivity contribution in [3.8, 4) is 0 Å². The molecule has 0 fully saturated rings. The minimum atomic E-state index is -0.288. The predicted octanol–water partition coefficient (Wildman–Crippen LogP) is 2.95. The van der Waals surface area contributed by atoms with Gasteiger partial charge in [0.1, 0.15) is 0 Å². The molecule has 3 heteroatoms. The van der Waals surface area contributed by atoms with E-state index in [4.69, 9.17) is 0 Å². The van der Waals surface area contributed by atoms with Crippen LogP contribution in [0.3, 0.4) is 0 Å². The SMILES string of the molecule is CC1=c2ccc3c(c2=CCC1)=CCC1=CC(c2ccccc2[N+](=O)[O-])C=CC=31. The highest BCUT2D eigenvalue weighted by molar-refractivity contribution is 5.79. The van der Waals surface area contributed by atoms with Crippen LogP contribution in [0.15, 0.2) is 60.2 Å². The Morgan fingerprint density at radius 1 is 1.04 bits per heavy atom. The number of hydrogen-bond donors (Lipinski definition) is 0. The van der Waals surface area contributed by atoms with Gasteiger partial charge in [-0.2, -0.15) is 0 Å². The second-order valence-corrected chi connectivity index (χ2v) is 7.73. The summed E-state index contributed by atoms with van der Waals surface area (Å²) in [7, 11) is 0. The highest BCUT2D eigenvalue weighted by Crippen LogP contribution is 2.35. The lowest BCUT2D eigenvalue weighted by Gasteiger charge is -2.21. The van der Waals surface area contributed by atoms with Crippen molar-refractivity contribution in [3.05, 3.63) is 96.8 Å². The Morgan fingerprint density at radius 2 is 1.82 bits per heavy atom. The molecule has 3 aliphatic carbocycles. The van der Waals surface area contributed by atoms with Gasteiger partial charge in [0.05, 0.1) is 4.92 Å². The summed E-state index contributed by atoms with van der Waals surface area (Å²) < 4.78 is 0. The van der Waals surface area contributed by atoms with Crippen molar-refractivity contribution in [2.45, 2.75) is 32.1 Å². The first kappa shape index (κ1) is 16.9. The molecule has 3 aliphatic rings. The normalized spacial score (nSPS) is 19.6. The molecule has 0 amide bonds. The van der Waals surface area contributed by atoms with Gasteiger partial charge in [-0.25, -0.2) is 0 Å². The summed E-state index contributed by atoms with van der Waals surface area (Å²) >= 11 is 0. The second kappa shape index (κ2) is 6.45. The van der Waals surface area contributed by atoms with Crippen LogP contribution in [0, 0.1) is 10.1 Å². The van der Waals surface area contributed by atoms with E-state index < -0.39 is 0 Å². The zero-order valence-electron chi connectivity index (χ0n) is 15.8. The monoisotopic (exact) mass is 367 g/mol. The quantitative estimate of drug-likeness (QED) is 0.605. The Morgan fingerprint density at radius 3 is 2.68 bits per heavy atom. The molecule has 0 bridgehead atoms. The Balaban J connectivity index is 1.68. The molecule has 5 rings (SSSR count). The third kappa shape index (κ3) is 2.58. The van der Waals surface area contributed by atoms with Gasteiger partial charge in [0.15, 0.2) is 0 Å². The van der Waals surface area contributed by atoms with Gasteiger partial charge >= 0.3 is 0 Å². The van der Waals surface area contributed by atoms with E-state index in [-0.39, 0.29) is 16.5 Å².